The van der Waals surface area contributed by atoms with Crippen LogP contribution in [-0.2, 0) is 19.0 Å². The van der Waals surface area contributed by atoms with E-state index in [4.69, 9.17) is 0 Å². The van der Waals surface area contributed by atoms with Crippen LogP contribution < -0.4 is 4.57 Å². The quantitative estimate of drug-likeness (QED) is 0.655. The van der Waals surface area contributed by atoms with Gasteiger partial charge in [0.15, 0.2) is 0 Å². The lowest BCUT2D eigenvalue weighted by atomic mass is 9.95. The molecule has 1 heterocycles. The van der Waals surface area contributed by atoms with E-state index in [1.54, 1.807) is 0 Å². The number of aryl methyl sites for hydroxylation is 2. The first-order valence-electron chi connectivity index (χ1n) is 5.52. The largest absolute Gasteiger partial charge is 0.261 e. The van der Waals surface area contributed by atoms with Gasteiger partial charge in [0, 0.05) is 0 Å². The Kier molecular flexibility index (Phi) is 3.35. The molecule has 0 saturated heterocycles. The average Bonchev–Trinajstić information content (AvgIpc) is 2.42. The summed E-state index contributed by atoms with van der Waals surface area (Å²) in [6, 6.07) is 0. The Morgan fingerprint density at radius 2 is 2.00 bits per heavy atom. The summed E-state index contributed by atoms with van der Waals surface area (Å²) >= 11 is 0. The van der Waals surface area contributed by atoms with Gasteiger partial charge in [0.2, 0.25) is 0 Å². The van der Waals surface area contributed by atoms with Gasteiger partial charge in [-0.25, -0.2) is 9.13 Å². The lowest BCUT2D eigenvalue weighted by molar-refractivity contribution is -0.682. The Bertz CT molecular complexity index is 292. The van der Waals surface area contributed by atoms with Crippen LogP contribution in [0.25, 0.3) is 0 Å². The molecule has 0 atom stereocenters. The number of hydrogen-bond acceptors (Lipinski definition) is 0. The fourth-order valence-electron chi connectivity index (χ4n) is 1.99. The number of aromatic nitrogens is 2. The van der Waals surface area contributed by atoms with Gasteiger partial charge in [-0.2, -0.15) is 0 Å². The van der Waals surface area contributed by atoms with Gasteiger partial charge in [0.25, 0.3) is 5.82 Å². The van der Waals surface area contributed by atoms with Crippen molar-refractivity contribution in [2.45, 2.75) is 52.5 Å². The minimum absolute atomic E-state index is 0.228. The molecule has 0 unspecified atom stereocenters. The molecule has 2 heteroatoms. The molecule has 14 heavy (non-hydrogen) atoms. The van der Waals surface area contributed by atoms with Gasteiger partial charge >= 0.3 is 0 Å². The van der Waals surface area contributed by atoms with Crippen LogP contribution in [0.4, 0.5) is 0 Å². The van der Waals surface area contributed by atoms with Crippen LogP contribution in [0.5, 0.6) is 0 Å². The summed E-state index contributed by atoms with van der Waals surface area (Å²) in [5.41, 5.74) is 0.228. The van der Waals surface area contributed by atoms with E-state index in [2.05, 4.69) is 56.3 Å². The molecule has 80 valence electrons. The van der Waals surface area contributed by atoms with E-state index in [0.717, 1.165) is 6.54 Å². The van der Waals surface area contributed by atoms with E-state index in [1.165, 1.54) is 18.7 Å². The van der Waals surface area contributed by atoms with Gasteiger partial charge in [-0.1, -0.05) is 13.3 Å². The number of unbranched alkanes of at least 4 members (excludes halogenated alkanes) is 1. The average molecular weight is 195 g/mol. The molecule has 1 rings (SSSR count). The van der Waals surface area contributed by atoms with Gasteiger partial charge in [-0.05, 0) is 27.2 Å². The molecule has 0 aliphatic rings. The zero-order chi connectivity index (χ0) is 10.8. The second kappa shape index (κ2) is 4.16. The molecule has 0 saturated carbocycles. The molecule has 0 aromatic carbocycles. The molecule has 0 amide bonds. The van der Waals surface area contributed by atoms with E-state index >= 15 is 0 Å². The molecule has 0 aliphatic heterocycles. The topological polar surface area (TPSA) is 8.81 Å². The maximum absolute atomic E-state index is 2.38. The summed E-state index contributed by atoms with van der Waals surface area (Å²) in [7, 11) is 2.13. The van der Waals surface area contributed by atoms with Gasteiger partial charge < -0.3 is 0 Å². The van der Waals surface area contributed by atoms with Crippen LogP contribution in [0.2, 0.25) is 0 Å². The van der Waals surface area contributed by atoms with Gasteiger partial charge in [0.05, 0.1) is 19.0 Å². The van der Waals surface area contributed by atoms with Crippen LogP contribution in [0.3, 0.4) is 0 Å². The molecule has 1 aromatic rings. The lowest BCUT2D eigenvalue weighted by Crippen LogP contribution is -2.39. The fraction of sp³-hybridized carbons (Fsp3) is 0.750. The highest BCUT2D eigenvalue weighted by molar-refractivity contribution is 4.98. The van der Waals surface area contributed by atoms with Crippen LogP contribution in [-0.4, -0.2) is 4.57 Å². The van der Waals surface area contributed by atoms with Gasteiger partial charge in [-0.3, -0.25) is 0 Å². The SMILES string of the molecule is CCCCn1cc[n+](C)c1C(C)(C)C. The van der Waals surface area contributed by atoms with Crippen molar-refractivity contribution in [3.05, 3.63) is 18.2 Å². The van der Waals surface area contributed by atoms with Crippen molar-refractivity contribution >= 4 is 0 Å². The van der Waals surface area contributed by atoms with Gasteiger partial charge in [0.1, 0.15) is 12.4 Å². The van der Waals surface area contributed by atoms with Crippen molar-refractivity contribution < 1.29 is 4.57 Å². The zero-order valence-corrected chi connectivity index (χ0v) is 10.2. The molecule has 0 radical (unpaired) electrons. The highest BCUT2D eigenvalue weighted by atomic mass is 15.1. The third-order valence-corrected chi connectivity index (χ3v) is 2.50. The number of nitrogens with zero attached hydrogens (tertiary/aromatic N) is 2. The van der Waals surface area contributed by atoms with E-state index < -0.39 is 0 Å². The highest BCUT2D eigenvalue weighted by Crippen LogP contribution is 2.19. The van der Waals surface area contributed by atoms with Crippen molar-refractivity contribution in [3.63, 3.8) is 0 Å². The lowest BCUT2D eigenvalue weighted by Gasteiger charge is -2.15. The Morgan fingerprint density at radius 3 is 2.50 bits per heavy atom. The normalized spacial score (nSPS) is 12.1. The summed E-state index contributed by atoms with van der Waals surface area (Å²) in [6.07, 6.45) is 6.86. The Balaban J connectivity index is 2.95. The summed E-state index contributed by atoms with van der Waals surface area (Å²) in [6.45, 7) is 10.2. The monoisotopic (exact) mass is 195 g/mol. The first kappa shape index (κ1) is 11.3. The number of imidazole rings is 1. The molecule has 2 nitrogen and oxygen atoms in total. The molecular weight excluding hydrogens is 172 g/mol. The van der Waals surface area contributed by atoms with Crippen molar-refractivity contribution in [1.82, 2.24) is 4.57 Å². The van der Waals surface area contributed by atoms with Crippen LogP contribution in [0.1, 0.15) is 46.4 Å². The third kappa shape index (κ3) is 2.37. The Labute approximate surface area is 87.6 Å². The van der Waals surface area contributed by atoms with Crippen LogP contribution in [0, 0.1) is 0 Å². The molecule has 0 fully saturated rings. The summed E-state index contributed by atoms with van der Waals surface area (Å²) in [4.78, 5) is 0. The zero-order valence-electron chi connectivity index (χ0n) is 10.2. The maximum Gasteiger partial charge on any atom is 0.261 e. The number of rotatable bonds is 3. The maximum atomic E-state index is 2.38. The predicted octanol–water partition coefficient (Wildman–Crippen LogP) is 2.41. The molecule has 0 aliphatic carbocycles. The molecular formula is C12H23N2+. The minimum Gasteiger partial charge on any atom is -0.236 e. The second-order valence-corrected chi connectivity index (χ2v) is 5.03. The van der Waals surface area contributed by atoms with Crippen LogP contribution in [0.15, 0.2) is 12.4 Å². The molecule has 0 spiro atoms. The van der Waals surface area contributed by atoms with E-state index in [1.807, 2.05) is 0 Å². The van der Waals surface area contributed by atoms with E-state index in [9.17, 15) is 0 Å². The van der Waals surface area contributed by atoms with Crippen molar-refractivity contribution in [3.8, 4) is 0 Å². The Hall–Kier alpha value is -0.790. The first-order chi connectivity index (χ1) is 6.46. The number of hydrogen-bond donors (Lipinski definition) is 0. The van der Waals surface area contributed by atoms with E-state index in [0.29, 0.717) is 0 Å². The highest BCUT2D eigenvalue weighted by Gasteiger charge is 2.28. The Morgan fingerprint density at radius 1 is 1.36 bits per heavy atom. The van der Waals surface area contributed by atoms with Crippen molar-refractivity contribution in [2.75, 3.05) is 0 Å². The minimum atomic E-state index is 0.228. The third-order valence-electron chi connectivity index (χ3n) is 2.50. The van der Waals surface area contributed by atoms with E-state index in [-0.39, 0.29) is 5.41 Å². The van der Waals surface area contributed by atoms with Gasteiger partial charge in [-0.15, -0.1) is 0 Å². The summed E-state index contributed by atoms with van der Waals surface area (Å²) in [5, 5.41) is 0. The molecule has 0 bridgehead atoms. The summed E-state index contributed by atoms with van der Waals surface area (Å²) in [5.74, 6) is 1.41. The standard InChI is InChI=1S/C12H23N2/c1-6-7-8-14-10-9-13(5)11(14)12(2,3)4/h9-10H,6-8H2,1-5H3/q+1. The second-order valence-electron chi connectivity index (χ2n) is 5.03. The van der Waals surface area contributed by atoms with Crippen molar-refractivity contribution in [2.24, 2.45) is 7.05 Å². The van der Waals surface area contributed by atoms with Crippen molar-refractivity contribution in [1.29, 1.82) is 0 Å². The summed E-state index contributed by atoms with van der Waals surface area (Å²) < 4.78 is 4.61. The smallest absolute Gasteiger partial charge is 0.236 e. The van der Waals surface area contributed by atoms with Crippen LogP contribution >= 0.6 is 0 Å². The fourth-order valence-corrected chi connectivity index (χ4v) is 1.99. The first-order valence-corrected chi connectivity index (χ1v) is 5.52. The molecule has 1 aromatic heterocycles. The predicted molar refractivity (Wildman–Crippen MR) is 59.2 cm³/mol. The molecule has 0 N–H and O–H groups in total.